The molecule has 29 heavy (non-hydrogen) atoms. The molecule has 2 aromatic carbocycles. The second kappa shape index (κ2) is 8.97. The van der Waals surface area contributed by atoms with Gasteiger partial charge in [0.1, 0.15) is 5.82 Å². The number of likely N-dealkylation sites (N-methyl/N-ethyl adjacent to an activating group) is 1. The maximum absolute atomic E-state index is 13.0. The quantitative estimate of drug-likeness (QED) is 0.609. The molecule has 3 aromatic rings. The fourth-order valence-electron chi connectivity index (χ4n) is 2.67. The van der Waals surface area contributed by atoms with Crippen molar-refractivity contribution in [2.45, 2.75) is 18.0 Å². The molecule has 0 aliphatic carbocycles. The largest absolute Gasteiger partial charge is 0.351 e. The summed E-state index contributed by atoms with van der Waals surface area (Å²) in [5.41, 5.74) is 1.97. The molecule has 7 nitrogen and oxygen atoms in total. The highest BCUT2D eigenvalue weighted by Gasteiger charge is 2.22. The Balaban J connectivity index is 1.52. The Kier molecular flexibility index (Phi) is 6.40. The van der Waals surface area contributed by atoms with Crippen molar-refractivity contribution in [2.24, 2.45) is 0 Å². The molecule has 0 aliphatic heterocycles. The molecule has 0 unspecified atom stereocenters. The van der Waals surface area contributed by atoms with E-state index in [1.165, 1.54) is 19.2 Å². The van der Waals surface area contributed by atoms with Gasteiger partial charge in [0.05, 0.1) is 18.0 Å². The molecule has 3 rings (SSSR count). The van der Waals surface area contributed by atoms with Crippen LogP contribution in [0.25, 0.3) is 0 Å². The van der Waals surface area contributed by atoms with Crippen LogP contribution in [-0.2, 0) is 27.9 Å². The van der Waals surface area contributed by atoms with Crippen LogP contribution in [0.1, 0.15) is 11.1 Å². The van der Waals surface area contributed by atoms with E-state index >= 15 is 0 Å². The van der Waals surface area contributed by atoms with Gasteiger partial charge in [0.15, 0.2) is 0 Å². The number of rotatable bonds is 8. The zero-order chi connectivity index (χ0) is 20.9. The second-order valence-corrected chi connectivity index (χ2v) is 8.56. The number of benzene rings is 2. The molecule has 0 fully saturated rings. The number of hydrogen-bond acceptors (Lipinski definition) is 4. The predicted molar refractivity (Wildman–Crippen MR) is 106 cm³/mol. The van der Waals surface area contributed by atoms with Gasteiger partial charge in [0, 0.05) is 26.0 Å². The van der Waals surface area contributed by atoms with Gasteiger partial charge in [-0.05, 0) is 41.5 Å². The topological polar surface area (TPSA) is 84.3 Å². The van der Waals surface area contributed by atoms with Crippen LogP contribution in [-0.4, -0.2) is 42.0 Å². The van der Waals surface area contributed by atoms with Crippen LogP contribution >= 0.6 is 0 Å². The molecule has 1 aromatic heterocycles. The third kappa shape index (κ3) is 5.49. The summed E-state index contributed by atoms with van der Waals surface area (Å²) >= 11 is 0. The Hall–Kier alpha value is -3.04. The number of nitrogens with one attached hydrogen (secondary N) is 1. The molecule has 1 amide bonds. The summed E-state index contributed by atoms with van der Waals surface area (Å²) in [6.07, 6.45) is 3.60. The number of carbonyl (C=O) groups excluding carboxylic acids is 1. The van der Waals surface area contributed by atoms with Crippen LogP contribution in [0.2, 0.25) is 0 Å². The maximum Gasteiger partial charge on any atom is 0.243 e. The van der Waals surface area contributed by atoms with E-state index in [2.05, 4.69) is 10.4 Å². The highest BCUT2D eigenvalue weighted by molar-refractivity contribution is 7.89. The fraction of sp³-hybridized carbons (Fsp3) is 0.200. The van der Waals surface area contributed by atoms with E-state index in [1.54, 1.807) is 6.20 Å². The van der Waals surface area contributed by atoms with Gasteiger partial charge in [0.2, 0.25) is 15.9 Å². The van der Waals surface area contributed by atoms with E-state index in [1.807, 2.05) is 41.2 Å². The number of nitrogens with zero attached hydrogens (tertiary/aromatic N) is 3. The molecule has 1 N–H and O–H groups in total. The zero-order valence-corrected chi connectivity index (χ0v) is 16.6. The van der Waals surface area contributed by atoms with Crippen LogP contribution in [0.4, 0.5) is 4.39 Å². The highest BCUT2D eigenvalue weighted by atomic mass is 32.2. The van der Waals surface area contributed by atoms with Gasteiger partial charge in [0.25, 0.3) is 0 Å². The molecule has 152 valence electrons. The third-order valence-corrected chi connectivity index (χ3v) is 6.12. The van der Waals surface area contributed by atoms with Crippen molar-refractivity contribution < 1.29 is 17.6 Å². The van der Waals surface area contributed by atoms with Crippen molar-refractivity contribution in [3.8, 4) is 0 Å². The van der Waals surface area contributed by atoms with E-state index in [-0.39, 0.29) is 18.0 Å². The average molecular weight is 416 g/mol. The summed E-state index contributed by atoms with van der Waals surface area (Å²) in [7, 11) is -2.56. The summed E-state index contributed by atoms with van der Waals surface area (Å²) in [4.78, 5) is 12.1. The standard InChI is InChI=1S/C20H21FN4O3S/c1-24(29(27,28)19-9-7-18(21)8-10-19)15-20(26)22-13-16-3-5-17(6-4-16)14-25-12-2-11-23-25/h2-12H,13-15H2,1H3,(H,22,26). The number of carbonyl (C=O) groups is 1. The summed E-state index contributed by atoms with van der Waals surface area (Å²) in [5.74, 6) is -0.959. The Morgan fingerprint density at radius 1 is 1.10 bits per heavy atom. The summed E-state index contributed by atoms with van der Waals surface area (Å²) in [5, 5.41) is 6.86. The van der Waals surface area contributed by atoms with Crippen molar-refractivity contribution in [2.75, 3.05) is 13.6 Å². The van der Waals surface area contributed by atoms with Crippen molar-refractivity contribution >= 4 is 15.9 Å². The van der Waals surface area contributed by atoms with E-state index in [4.69, 9.17) is 0 Å². The monoisotopic (exact) mass is 416 g/mol. The Labute approximate surface area is 168 Å². The predicted octanol–water partition coefficient (Wildman–Crippen LogP) is 2.01. The van der Waals surface area contributed by atoms with E-state index < -0.39 is 21.7 Å². The lowest BCUT2D eigenvalue weighted by atomic mass is 10.1. The van der Waals surface area contributed by atoms with Gasteiger partial charge in [-0.1, -0.05) is 24.3 Å². The lowest BCUT2D eigenvalue weighted by molar-refractivity contribution is -0.121. The van der Waals surface area contributed by atoms with Crippen molar-refractivity contribution in [1.29, 1.82) is 0 Å². The van der Waals surface area contributed by atoms with Crippen molar-refractivity contribution in [3.05, 3.63) is 83.9 Å². The molecule has 0 atom stereocenters. The number of hydrogen-bond donors (Lipinski definition) is 1. The van der Waals surface area contributed by atoms with E-state index in [9.17, 15) is 17.6 Å². The number of amides is 1. The second-order valence-electron chi connectivity index (χ2n) is 6.51. The van der Waals surface area contributed by atoms with E-state index in [0.717, 1.165) is 27.6 Å². The van der Waals surface area contributed by atoms with Gasteiger partial charge in [-0.15, -0.1) is 0 Å². The van der Waals surface area contributed by atoms with Crippen LogP contribution < -0.4 is 5.32 Å². The third-order valence-electron chi connectivity index (χ3n) is 4.30. The molecule has 0 saturated carbocycles. The average Bonchev–Trinajstić information content (AvgIpc) is 3.21. The van der Waals surface area contributed by atoms with Gasteiger partial charge in [-0.2, -0.15) is 9.40 Å². The smallest absolute Gasteiger partial charge is 0.243 e. The first-order chi connectivity index (χ1) is 13.8. The molecule has 1 heterocycles. The minimum atomic E-state index is -3.87. The lowest BCUT2D eigenvalue weighted by Gasteiger charge is -2.17. The number of aromatic nitrogens is 2. The van der Waals surface area contributed by atoms with Gasteiger partial charge in [-0.25, -0.2) is 12.8 Å². The summed E-state index contributed by atoms with van der Waals surface area (Å²) in [6, 6.07) is 14.0. The Morgan fingerprint density at radius 3 is 2.38 bits per heavy atom. The molecular weight excluding hydrogens is 395 g/mol. The molecule has 0 spiro atoms. The minimum absolute atomic E-state index is 0.0676. The van der Waals surface area contributed by atoms with Gasteiger partial charge < -0.3 is 5.32 Å². The first kappa shape index (κ1) is 20.7. The van der Waals surface area contributed by atoms with Gasteiger partial charge in [-0.3, -0.25) is 9.48 Å². The number of halogens is 1. The lowest BCUT2D eigenvalue weighted by Crippen LogP contribution is -2.38. The van der Waals surface area contributed by atoms with Crippen molar-refractivity contribution in [1.82, 2.24) is 19.4 Å². The normalized spacial score (nSPS) is 11.6. The van der Waals surface area contributed by atoms with Gasteiger partial charge >= 0.3 is 0 Å². The van der Waals surface area contributed by atoms with Crippen LogP contribution in [0, 0.1) is 5.82 Å². The Bertz CT molecular complexity index is 1050. The van der Waals surface area contributed by atoms with Crippen LogP contribution in [0.15, 0.2) is 71.9 Å². The molecule has 0 radical (unpaired) electrons. The molecular formula is C20H21FN4O3S. The first-order valence-corrected chi connectivity index (χ1v) is 10.3. The fourth-order valence-corrected chi connectivity index (χ4v) is 3.80. The van der Waals surface area contributed by atoms with Crippen LogP contribution in [0.3, 0.4) is 0 Å². The van der Waals surface area contributed by atoms with Crippen LogP contribution in [0.5, 0.6) is 0 Å². The minimum Gasteiger partial charge on any atom is -0.351 e. The molecule has 0 aliphatic rings. The number of sulfonamides is 1. The van der Waals surface area contributed by atoms with Crippen molar-refractivity contribution in [3.63, 3.8) is 0 Å². The maximum atomic E-state index is 13.0. The SMILES string of the molecule is CN(CC(=O)NCc1ccc(Cn2cccn2)cc1)S(=O)(=O)c1ccc(F)cc1. The summed E-state index contributed by atoms with van der Waals surface area (Å²) < 4.78 is 40.6. The zero-order valence-electron chi connectivity index (χ0n) is 15.8. The highest BCUT2D eigenvalue weighted by Crippen LogP contribution is 2.14. The molecule has 0 saturated heterocycles. The molecule has 0 bridgehead atoms. The first-order valence-electron chi connectivity index (χ1n) is 8.88. The molecule has 9 heteroatoms. The Morgan fingerprint density at radius 2 is 1.76 bits per heavy atom. The van der Waals surface area contributed by atoms with E-state index in [0.29, 0.717) is 6.54 Å². The summed E-state index contributed by atoms with van der Waals surface area (Å²) in [6.45, 7) is 0.605.